The van der Waals surface area contributed by atoms with Crippen molar-refractivity contribution in [2.45, 2.75) is 24.8 Å². The fraction of sp³-hybridized carbons (Fsp3) is 0.333. The van der Waals surface area contributed by atoms with Crippen LogP contribution in [0.1, 0.15) is 38.9 Å². The number of esters is 2. The lowest BCUT2D eigenvalue weighted by Crippen LogP contribution is -2.24. The SMILES string of the molecule is CSCC1CC(OC(=O)c2ccc(C(=O)OC(c3ccccc3)[N+](=O)[O-])cc2)CN1. The molecule has 0 bridgehead atoms. The minimum absolute atomic E-state index is 0.108. The van der Waals surface area contributed by atoms with Crippen LogP contribution in [0.4, 0.5) is 0 Å². The molecule has 2 aromatic rings. The maximum atomic E-state index is 12.3. The van der Waals surface area contributed by atoms with Gasteiger partial charge in [0.1, 0.15) is 6.10 Å². The van der Waals surface area contributed by atoms with E-state index in [4.69, 9.17) is 9.47 Å². The van der Waals surface area contributed by atoms with Gasteiger partial charge in [-0.25, -0.2) is 9.59 Å². The summed E-state index contributed by atoms with van der Waals surface area (Å²) in [5, 5.41) is 14.6. The lowest BCUT2D eigenvalue weighted by Gasteiger charge is -2.12. The van der Waals surface area contributed by atoms with Gasteiger partial charge in [-0.3, -0.25) is 10.1 Å². The van der Waals surface area contributed by atoms with E-state index in [2.05, 4.69) is 5.32 Å². The number of nitrogens with zero attached hydrogens (tertiary/aromatic N) is 1. The van der Waals surface area contributed by atoms with Crippen LogP contribution >= 0.6 is 11.8 Å². The summed E-state index contributed by atoms with van der Waals surface area (Å²) in [6.45, 7) is 0.614. The Kier molecular flexibility index (Phi) is 7.42. The Morgan fingerprint density at radius 3 is 2.37 bits per heavy atom. The molecule has 1 aliphatic rings. The Hall–Kier alpha value is -2.91. The maximum Gasteiger partial charge on any atom is 0.383 e. The van der Waals surface area contributed by atoms with Gasteiger partial charge in [0.2, 0.25) is 0 Å². The highest BCUT2D eigenvalue weighted by atomic mass is 32.2. The summed E-state index contributed by atoms with van der Waals surface area (Å²) in [6.07, 6.45) is 0.999. The van der Waals surface area contributed by atoms with Gasteiger partial charge in [0.05, 0.1) is 21.6 Å². The maximum absolute atomic E-state index is 12.3. The molecule has 1 fully saturated rings. The molecule has 3 atom stereocenters. The van der Waals surface area contributed by atoms with Crippen molar-refractivity contribution in [3.8, 4) is 0 Å². The van der Waals surface area contributed by atoms with Crippen molar-refractivity contribution in [2.75, 3.05) is 18.6 Å². The monoisotopic (exact) mass is 430 g/mol. The Bertz CT molecular complexity index is 890. The molecular weight excluding hydrogens is 408 g/mol. The number of thioether (sulfide) groups is 1. The van der Waals surface area contributed by atoms with E-state index in [0.29, 0.717) is 18.2 Å². The van der Waals surface area contributed by atoms with Crippen LogP contribution in [0.25, 0.3) is 0 Å². The number of carbonyl (C=O) groups is 2. The molecule has 0 aliphatic carbocycles. The van der Waals surface area contributed by atoms with Gasteiger partial charge in [0.15, 0.2) is 0 Å². The van der Waals surface area contributed by atoms with E-state index < -0.39 is 23.1 Å². The number of ether oxygens (including phenoxy) is 2. The molecule has 9 heteroatoms. The number of hydrogen-bond acceptors (Lipinski definition) is 8. The van der Waals surface area contributed by atoms with E-state index in [0.717, 1.165) is 12.2 Å². The molecule has 0 radical (unpaired) electrons. The predicted octanol–water partition coefficient (Wildman–Crippen LogP) is 3.07. The summed E-state index contributed by atoms with van der Waals surface area (Å²) in [5.74, 6) is -0.363. The summed E-state index contributed by atoms with van der Waals surface area (Å²) >= 11 is 1.74. The van der Waals surface area contributed by atoms with Gasteiger partial charge in [0.25, 0.3) is 0 Å². The normalized spacial score (nSPS) is 19.1. The standard InChI is InChI=1S/C21H22N2O6S/c1-30-13-17-11-18(12-22-17)28-20(24)15-7-9-16(10-8-15)21(25)29-19(23(26)27)14-5-3-2-4-6-14/h2-10,17-19,22H,11-13H2,1H3. The third-order valence-corrected chi connectivity index (χ3v) is 5.41. The second kappa shape index (κ2) is 10.2. The Morgan fingerprint density at radius 2 is 1.77 bits per heavy atom. The summed E-state index contributed by atoms with van der Waals surface area (Å²) in [4.78, 5) is 35.3. The smallest absolute Gasteiger partial charge is 0.383 e. The first kappa shape index (κ1) is 21.8. The predicted molar refractivity (Wildman–Crippen MR) is 112 cm³/mol. The first-order chi connectivity index (χ1) is 14.5. The molecule has 0 saturated carbocycles. The molecule has 1 saturated heterocycles. The summed E-state index contributed by atoms with van der Waals surface area (Å²) in [6, 6.07) is 14.0. The lowest BCUT2D eigenvalue weighted by molar-refractivity contribution is -0.574. The van der Waals surface area contributed by atoms with Crippen LogP contribution in [0.3, 0.4) is 0 Å². The van der Waals surface area contributed by atoms with E-state index in [1.165, 1.54) is 36.4 Å². The molecule has 0 spiro atoms. The van der Waals surface area contributed by atoms with Crippen molar-refractivity contribution >= 4 is 23.7 Å². The highest BCUT2D eigenvalue weighted by molar-refractivity contribution is 7.98. The van der Waals surface area contributed by atoms with E-state index in [1.807, 2.05) is 6.26 Å². The lowest BCUT2D eigenvalue weighted by atomic mass is 10.1. The number of nitro groups is 1. The molecule has 0 amide bonds. The molecule has 3 rings (SSSR count). The quantitative estimate of drug-likeness (QED) is 0.295. The number of nitrogens with one attached hydrogen (secondary N) is 1. The number of carbonyl (C=O) groups excluding carboxylic acids is 2. The minimum atomic E-state index is -1.60. The zero-order valence-corrected chi connectivity index (χ0v) is 17.2. The first-order valence-electron chi connectivity index (χ1n) is 9.40. The van der Waals surface area contributed by atoms with E-state index in [-0.39, 0.29) is 17.2 Å². The topological polar surface area (TPSA) is 108 Å². The summed E-state index contributed by atoms with van der Waals surface area (Å²) < 4.78 is 10.6. The number of rotatable bonds is 8. The largest absolute Gasteiger partial charge is 0.457 e. The Labute approximate surface area is 178 Å². The number of benzene rings is 2. The molecule has 1 aliphatic heterocycles. The van der Waals surface area contributed by atoms with Crippen LogP contribution in [0.2, 0.25) is 0 Å². The van der Waals surface area contributed by atoms with Crippen LogP contribution in [0.5, 0.6) is 0 Å². The van der Waals surface area contributed by atoms with Crippen molar-refractivity contribution in [1.82, 2.24) is 5.32 Å². The number of hydrogen-bond donors (Lipinski definition) is 1. The molecule has 30 heavy (non-hydrogen) atoms. The highest BCUT2D eigenvalue weighted by Gasteiger charge is 2.29. The Balaban J connectivity index is 1.60. The minimum Gasteiger partial charge on any atom is -0.457 e. The average molecular weight is 430 g/mol. The van der Waals surface area contributed by atoms with Crippen molar-refractivity contribution in [1.29, 1.82) is 0 Å². The van der Waals surface area contributed by atoms with Gasteiger partial charge in [-0.05, 0) is 42.7 Å². The molecule has 158 valence electrons. The zero-order valence-electron chi connectivity index (χ0n) is 16.4. The van der Waals surface area contributed by atoms with Gasteiger partial charge in [-0.1, -0.05) is 18.2 Å². The van der Waals surface area contributed by atoms with Crippen molar-refractivity contribution in [3.63, 3.8) is 0 Å². The van der Waals surface area contributed by atoms with Crippen molar-refractivity contribution < 1.29 is 24.0 Å². The zero-order chi connectivity index (χ0) is 21.5. The van der Waals surface area contributed by atoms with Crippen molar-refractivity contribution in [2.24, 2.45) is 0 Å². The van der Waals surface area contributed by atoms with E-state index in [1.54, 1.807) is 30.0 Å². The van der Waals surface area contributed by atoms with Gasteiger partial charge in [0, 0.05) is 24.8 Å². The molecule has 1 heterocycles. The van der Waals surface area contributed by atoms with Crippen LogP contribution in [0.15, 0.2) is 54.6 Å². The van der Waals surface area contributed by atoms with Crippen LogP contribution in [-0.4, -0.2) is 47.6 Å². The third-order valence-electron chi connectivity index (χ3n) is 4.67. The second-order valence-electron chi connectivity index (χ2n) is 6.85. The Morgan fingerprint density at radius 1 is 1.13 bits per heavy atom. The molecular formula is C21H22N2O6S. The molecule has 1 N–H and O–H groups in total. The highest BCUT2D eigenvalue weighted by Crippen LogP contribution is 2.20. The first-order valence-corrected chi connectivity index (χ1v) is 10.8. The average Bonchev–Trinajstić information content (AvgIpc) is 3.19. The van der Waals surface area contributed by atoms with Gasteiger partial charge in [-0.2, -0.15) is 11.8 Å². The van der Waals surface area contributed by atoms with Crippen LogP contribution in [-0.2, 0) is 9.47 Å². The molecule has 0 aromatic heterocycles. The van der Waals surface area contributed by atoms with Gasteiger partial charge < -0.3 is 14.8 Å². The molecule has 8 nitrogen and oxygen atoms in total. The summed E-state index contributed by atoms with van der Waals surface area (Å²) in [7, 11) is 0. The van der Waals surface area contributed by atoms with E-state index in [9.17, 15) is 19.7 Å². The van der Waals surface area contributed by atoms with Crippen molar-refractivity contribution in [3.05, 3.63) is 81.4 Å². The van der Waals surface area contributed by atoms with Gasteiger partial charge >= 0.3 is 18.2 Å². The van der Waals surface area contributed by atoms with E-state index >= 15 is 0 Å². The molecule has 3 unspecified atom stereocenters. The summed E-state index contributed by atoms with van der Waals surface area (Å²) in [5.41, 5.74) is 0.673. The third kappa shape index (κ3) is 5.58. The fourth-order valence-corrected chi connectivity index (χ4v) is 3.84. The second-order valence-corrected chi connectivity index (χ2v) is 7.77. The van der Waals surface area contributed by atoms with Crippen LogP contribution in [0, 0.1) is 10.1 Å². The van der Waals surface area contributed by atoms with Crippen LogP contribution < -0.4 is 5.32 Å². The van der Waals surface area contributed by atoms with Gasteiger partial charge in [-0.15, -0.1) is 0 Å². The molecule has 2 aromatic carbocycles. The fourth-order valence-electron chi connectivity index (χ4n) is 3.18.